The number of carbonyl (C=O) groups is 1. The van der Waals surface area contributed by atoms with E-state index < -0.39 is 39.5 Å². The van der Waals surface area contributed by atoms with Crippen molar-refractivity contribution in [3.8, 4) is 0 Å². The molecule has 2 rings (SSSR count). The number of sulfonamides is 1. The van der Waals surface area contributed by atoms with Gasteiger partial charge in [-0.15, -0.1) is 0 Å². The van der Waals surface area contributed by atoms with Gasteiger partial charge in [0.2, 0.25) is 10.0 Å². The van der Waals surface area contributed by atoms with E-state index in [-0.39, 0.29) is 5.52 Å². The number of fused-ring (bicyclic) bond motifs is 1. The molecule has 0 saturated heterocycles. The lowest BCUT2D eigenvalue weighted by atomic mass is 10.2. The van der Waals surface area contributed by atoms with Gasteiger partial charge in [0.15, 0.2) is 0 Å². The summed E-state index contributed by atoms with van der Waals surface area (Å²) >= 11 is 0. The molecule has 0 aliphatic heterocycles. The third kappa shape index (κ3) is 3.96. The number of pyridine rings is 1. The number of carboxylic acid groups (broad SMARTS) is 1. The summed E-state index contributed by atoms with van der Waals surface area (Å²) in [6.07, 6.45) is -5.15. The third-order valence-electron chi connectivity index (χ3n) is 2.96. The Morgan fingerprint density at radius 2 is 1.91 bits per heavy atom. The van der Waals surface area contributed by atoms with E-state index in [0.29, 0.717) is 5.39 Å². The average molecular weight is 348 g/mol. The molecule has 0 bridgehead atoms. The van der Waals surface area contributed by atoms with E-state index in [1.807, 2.05) is 0 Å². The number of hydrogen-bond acceptors (Lipinski definition) is 4. The van der Waals surface area contributed by atoms with Gasteiger partial charge in [-0.2, -0.15) is 17.9 Å². The quantitative estimate of drug-likeness (QED) is 0.861. The van der Waals surface area contributed by atoms with Crippen molar-refractivity contribution in [2.45, 2.75) is 23.5 Å². The second kappa shape index (κ2) is 6.13. The zero-order chi connectivity index (χ0) is 17.3. The Hall–Kier alpha value is -2.20. The summed E-state index contributed by atoms with van der Waals surface area (Å²) in [6.45, 7) is 0. The Morgan fingerprint density at radius 3 is 2.52 bits per heavy atom. The molecule has 0 saturated carbocycles. The number of carboxylic acids is 1. The maximum atomic E-state index is 12.8. The standard InChI is InChI=1S/C13H11F3N2O4S/c14-13(15,16)10(7-11(19)20)18-23(21,22)9-5-1-3-8-4-2-6-17-12(8)9/h1-6,10,18H,7H2,(H,19,20). The van der Waals surface area contributed by atoms with Crippen LogP contribution in [0.3, 0.4) is 0 Å². The van der Waals surface area contributed by atoms with Crippen LogP contribution in [0.15, 0.2) is 41.4 Å². The van der Waals surface area contributed by atoms with Crippen molar-refractivity contribution < 1.29 is 31.5 Å². The van der Waals surface area contributed by atoms with Gasteiger partial charge in [0, 0.05) is 11.6 Å². The first kappa shape index (κ1) is 17.2. The van der Waals surface area contributed by atoms with E-state index in [9.17, 15) is 26.4 Å². The zero-order valence-corrected chi connectivity index (χ0v) is 12.2. The normalized spacial score (nSPS) is 13.9. The van der Waals surface area contributed by atoms with Crippen LogP contribution >= 0.6 is 0 Å². The molecule has 0 aliphatic carbocycles. The first-order valence-corrected chi connectivity index (χ1v) is 7.74. The minimum Gasteiger partial charge on any atom is -0.481 e. The molecule has 2 aromatic rings. The van der Waals surface area contributed by atoms with E-state index in [0.717, 1.165) is 6.07 Å². The molecule has 1 aromatic carbocycles. The van der Waals surface area contributed by atoms with Gasteiger partial charge < -0.3 is 5.11 Å². The van der Waals surface area contributed by atoms with Crippen LogP contribution < -0.4 is 4.72 Å². The summed E-state index contributed by atoms with van der Waals surface area (Å²) in [6, 6.07) is 4.39. The molecule has 0 radical (unpaired) electrons. The predicted molar refractivity (Wildman–Crippen MR) is 74.2 cm³/mol. The molecule has 1 aromatic heterocycles. The summed E-state index contributed by atoms with van der Waals surface area (Å²) in [7, 11) is -4.61. The highest BCUT2D eigenvalue weighted by molar-refractivity contribution is 7.89. The van der Waals surface area contributed by atoms with Crippen LogP contribution in [-0.2, 0) is 14.8 Å². The van der Waals surface area contributed by atoms with E-state index in [4.69, 9.17) is 5.11 Å². The molecular formula is C13H11F3N2O4S. The number of aliphatic carboxylic acids is 1. The van der Waals surface area contributed by atoms with Crippen molar-refractivity contribution in [2.75, 3.05) is 0 Å². The first-order valence-electron chi connectivity index (χ1n) is 6.26. The number of halogens is 3. The fourth-order valence-corrected chi connectivity index (χ4v) is 3.34. The van der Waals surface area contributed by atoms with Crippen LogP contribution in [0.4, 0.5) is 13.2 Å². The number of hydrogen-bond donors (Lipinski definition) is 2. The van der Waals surface area contributed by atoms with Gasteiger partial charge in [-0.3, -0.25) is 9.78 Å². The Balaban J connectivity index is 2.46. The molecule has 6 nitrogen and oxygen atoms in total. The van der Waals surface area contributed by atoms with Gasteiger partial charge in [0.1, 0.15) is 10.9 Å². The monoisotopic (exact) mass is 348 g/mol. The number of benzene rings is 1. The van der Waals surface area contributed by atoms with Crippen LogP contribution in [0, 0.1) is 0 Å². The Morgan fingerprint density at radius 1 is 1.26 bits per heavy atom. The molecule has 23 heavy (non-hydrogen) atoms. The molecule has 1 heterocycles. The lowest BCUT2D eigenvalue weighted by Crippen LogP contribution is -2.46. The zero-order valence-electron chi connectivity index (χ0n) is 11.4. The summed E-state index contributed by atoms with van der Waals surface area (Å²) in [5.74, 6) is -1.77. The van der Waals surface area contributed by atoms with E-state index in [1.54, 1.807) is 18.2 Å². The van der Waals surface area contributed by atoms with E-state index >= 15 is 0 Å². The molecule has 124 valence electrons. The van der Waals surface area contributed by atoms with Crippen molar-refractivity contribution >= 4 is 26.9 Å². The van der Waals surface area contributed by atoms with E-state index in [2.05, 4.69) is 4.98 Å². The van der Waals surface area contributed by atoms with Crippen molar-refractivity contribution in [1.82, 2.24) is 9.71 Å². The Bertz CT molecular complexity index is 831. The number of nitrogens with zero attached hydrogens (tertiary/aromatic N) is 1. The predicted octanol–water partition coefficient (Wildman–Crippen LogP) is 1.92. The summed E-state index contributed by atoms with van der Waals surface area (Å²) < 4.78 is 64.4. The molecule has 2 N–H and O–H groups in total. The Labute approximate surface area is 129 Å². The number of alkyl halides is 3. The molecule has 0 fully saturated rings. The van der Waals surface area contributed by atoms with E-state index in [1.165, 1.54) is 17.0 Å². The van der Waals surface area contributed by atoms with Gasteiger partial charge in [-0.05, 0) is 12.1 Å². The van der Waals surface area contributed by atoms with Crippen LogP contribution in [0.25, 0.3) is 10.9 Å². The highest BCUT2D eigenvalue weighted by atomic mass is 32.2. The molecule has 1 unspecified atom stereocenters. The van der Waals surface area contributed by atoms with Crippen LogP contribution in [-0.4, -0.2) is 36.7 Å². The highest BCUT2D eigenvalue weighted by Gasteiger charge is 2.43. The van der Waals surface area contributed by atoms with Gasteiger partial charge >= 0.3 is 12.1 Å². The highest BCUT2D eigenvalue weighted by Crippen LogP contribution is 2.26. The third-order valence-corrected chi connectivity index (χ3v) is 4.46. The molecule has 0 aliphatic rings. The van der Waals surface area contributed by atoms with Gasteiger partial charge in [-0.25, -0.2) is 8.42 Å². The topological polar surface area (TPSA) is 96.4 Å². The Kier molecular flexibility index (Phi) is 4.57. The first-order chi connectivity index (χ1) is 10.6. The van der Waals surface area contributed by atoms with Crippen molar-refractivity contribution in [3.63, 3.8) is 0 Å². The van der Waals surface area contributed by atoms with Crippen molar-refractivity contribution in [1.29, 1.82) is 0 Å². The smallest absolute Gasteiger partial charge is 0.405 e. The van der Waals surface area contributed by atoms with Crippen molar-refractivity contribution in [3.05, 3.63) is 36.5 Å². The number of aromatic nitrogens is 1. The molecule has 0 amide bonds. The van der Waals surface area contributed by atoms with Gasteiger partial charge in [-0.1, -0.05) is 18.2 Å². The van der Waals surface area contributed by atoms with Crippen LogP contribution in [0.2, 0.25) is 0 Å². The lowest BCUT2D eigenvalue weighted by Gasteiger charge is -2.20. The van der Waals surface area contributed by atoms with Crippen LogP contribution in [0.1, 0.15) is 6.42 Å². The number of rotatable bonds is 5. The van der Waals surface area contributed by atoms with Gasteiger partial charge in [0.25, 0.3) is 0 Å². The molecule has 1 atom stereocenters. The minimum absolute atomic E-state index is 0.00116. The van der Waals surface area contributed by atoms with Crippen molar-refractivity contribution in [2.24, 2.45) is 0 Å². The average Bonchev–Trinajstić information content (AvgIpc) is 2.44. The maximum absolute atomic E-state index is 12.8. The van der Waals surface area contributed by atoms with Gasteiger partial charge in [0.05, 0.1) is 11.9 Å². The lowest BCUT2D eigenvalue weighted by molar-refractivity contribution is -0.163. The molecular weight excluding hydrogens is 337 g/mol. The summed E-state index contributed by atoms with van der Waals surface area (Å²) in [4.78, 5) is 14.0. The molecule has 0 spiro atoms. The maximum Gasteiger partial charge on any atom is 0.405 e. The fraction of sp³-hybridized carbons (Fsp3) is 0.231. The SMILES string of the molecule is O=C(O)CC(NS(=O)(=O)c1cccc2cccnc12)C(F)(F)F. The second-order valence-corrected chi connectivity index (χ2v) is 6.33. The largest absolute Gasteiger partial charge is 0.481 e. The summed E-state index contributed by atoms with van der Waals surface area (Å²) in [5.41, 5.74) is -0.00116. The second-order valence-electron chi connectivity index (χ2n) is 4.64. The number of para-hydroxylation sites is 1. The fourth-order valence-electron chi connectivity index (χ4n) is 1.94. The molecule has 10 heteroatoms. The van der Waals surface area contributed by atoms with Crippen LogP contribution in [0.5, 0.6) is 0 Å². The number of nitrogens with one attached hydrogen (secondary N) is 1. The summed E-state index contributed by atoms with van der Waals surface area (Å²) in [5, 5.41) is 8.97. The minimum atomic E-state index is -5.04.